The van der Waals surface area contributed by atoms with Crippen LogP contribution in [0.5, 0.6) is 5.75 Å². The number of hydrogen-bond acceptors (Lipinski definition) is 8. The minimum atomic E-state index is -0.712. The number of nitrogens with zero attached hydrogens (tertiary/aromatic N) is 4. The average Bonchev–Trinajstić information content (AvgIpc) is 3.07. The van der Waals surface area contributed by atoms with Gasteiger partial charge in [0.2, 0.25) is 5.95 Å². The van der Waals surface area contributed by atoms with E-state index in [0.29, 0.717) is 22.8 Å². The van der Waals surface area contributed by atoms with Crippen LogP contribution in [0, 0.1) is 10.1 Å². The number of carbonyl (C=O) groups excluding carboxylic acids is 1. The van der Waals surface area contributed by atoms with Gasteiger partial charge in [-0.2, -0.15) is 10.1 Å². The lowest BCUT2D eigenvalue weighted by atomic mass is 9.95. The van der Waals surface area contributed by atoms with E-state index in [1.54, 1.807) is 13.0 Å². The normalized spacial score (nSPS) is 16.0. The Morgan fingerprint density at radius 1 is 1.40 bits per heavy atom. The third-order valence-electron chi connectivity index (χ3n) is 3.92. The highest BCUT2D eigenvalue weighted by Crippen LogP contribution is 2.38. The second-order valence-electron chi connectivity index (χ2n) is 5.27. The van der Waals surface area contributed by atoms with Crippen molar-refractivity contribution in [1.29, 1.82) is 0 Å². The number of nitro groups is 1. The van der Waals surface area contributed by atoms with Gasteiger partial charge in [0.1, 0.15) is 12.4 Å². The van der Waals surface area contributed by atoms with Crippen molar-refractivity contribution in [1.82, 2.24) is 14.8 Å². The Labute approximate surface area is 142 Å². The molecule has 3 rings (SSSR count). The van der Waals surface area contributed by atoms with Gasteiger partial charge in [0.15, 0.2) is 5.75 Å². The van der Waals surface area contributed by atoms with Crippen LogP contribution >= 0.6 is 0 Å². The van der Waals surface area contributed by atoms with Crippen LogP contribution in [0.4, 0.5) is 11.6 Å². The van der Waals surface area contributed by atoms with E-state index in [0.717, 1.165) is 0 Å². The van der Waals surface area contributed by atoms with Crippen LogP contribution in [-0.2, 0) is 9.53 Å². The van der Waals surface area contributed by atoms with Crippen LogP contribution in [0.1, 0.15) is 18.5 Å². The number of benzene rings is 1. The van der Waals surface area contributed by atoms with Crippen LogP contribution in [0.25, 0.3) is 0 Å². The van der Waals surface area contributed by atoms with Crippen LogP contribution in [0.3, 0.4) is 0 Å². The SMILES string of the molecule is COC(=O)C1=C(C)Nc2ncnn2C1c1ccc(OC)c([N+](=O)[O-])c1. The van der Waals surface area contributed by atoms with E-state index in [4.69, 9.17) is 9.47 Å². The highest BCUT2D eigenvalue weighted by Gasteiger charge is 2.35. The molecule has 130 valence electrons. The summed E-state index contributed by atoms with van der Waals surface area (Å²) in [4.78, 5) is 27.2. The average molecular weight is 345 g/mol. The van der Waals surface area contributed by atoms with Crippen molar-refractivity contribution in [2.45, 2.75) is 13.0 Å². The number of aromatic nitrogens is 3. The molecule has 1 aliphatic heterocycles. The molecule has 1 aromatic carbocycles. The summed E-state index contributed by atoms with van der Waals surface area (Å²) in [6.45, 7) is 1.70. The molecule has 1 aromatic heterocycles. The number of allylic oxidation sites excluding steroid dienone is 1. The first-order chi connectivity index (χ1) is 12.0. The molecule has 0 aliphatic carbocycles. The summed E-state index contributed by atoms with van der Waals surface area (Å²) in [7, 11) is 2.62. The number of nitrogens with one attached hydrogen (secondary N) is 1. The second-order valence-corrected chi connectivity index (χ2v) is 5.27. The summed E-state index contributed by atoms with van der Waals surface area (Å²) < 4.78 is 11.4. The van der Waals surface area contributed by atoms with Crippen molar-refractivity contribution in [3.05, 3.63) is 51.5 Å². The van der Waals surface area contributed by atoms with Crippen molar-refractivity contribution in [2.24, 2.45) is 0 Å². The Kier molecular flexibility index (Phi) is 4.09. The number of methoxy groups -OCH3 is 2. The molecule has 1 aliphatic rings. The Hall–Kier alpha value is -3.43. The maximum absolute atomic E-state index is 12.3. The molecule has 2 heterocycles. The van der Waals surface area contributed by atoms with E-state index in [1.165, 1.54) is 37.4 Å². The van der Waals surface area contributed by atoms with Crippen molar-refractivity contribution in [3.63, 3.8) is 0 Å². The van der Waals surface area contributed by atoms with Gasteiger partial charge in [-0.3, -0.25) is 10.1 Å². The van der Waals surface area contributed by atoms with Crippen LogP contribution < -0.4 is 10.1 Å². The minimum Gasteiger partial charge on any atom is -0.490 e. The van der Waals surface area contributed by atoms with Crippen LogP contribution in [-0.4, -0.2) is 39.9 Å². The molecule has 2 aromatic rings. The maximum Gasteiger partial charge on any atom is 0.338 e. The third-order valence-corrected chi connectivity index (χ3v) is 3.92. The Morgan fingerprint density at radius 3 is 2.80 bits per heavy atom. The number of hydrogen-bond donors (Lipinski definition) is 1. The fourth-order valence-corrected chi connectivity index (χ4v) is 2.79. The van der Waals surface area contributed by atoms with E-state index >= 15 is 0 Å². The Morgan fingerprint density at radius 2 is 2.16 bits per heavy atom. The first kappa shape index (κ1) is 16.4. The zero-order valence-electron chi connectivity index (χ0n) is 13.7. The van der Waals surface area contributed by atoms with Crippen LogP contribution in [0.15, 0.2) is 35.8 Å². The number of nitro benzene ring substituents is 1. The third kappa shape index (κ3) is 2.67. The maximum atomic E-state index is 12.3. The first-order valence-electron chi connectivity index (χ1n) is 7.25. The summed E-state index contributed by atoms with van der Waals surface area (Å²) in [5.41, 5.74) is 1.11. The predicted molar refractivity (Wildman–Crippen MR) is 86.1 cm³/mol. The van der Waals surface area contributed by atoms with Crippen molar-refractivity contribution < 1.29 is 19.2 Å². The summed E-state index contributed by atoms with van der Waals surface area (Å²) in [6.07, 6.45) is 1.33. The van der Waals surface area contributed by atoms with Crippen molar-refractivity contribution >= 4 is 17.6 Å². The van der Waals surface area contributed by atoms with Gasteiger partial charge in [0.25, 0.3) is 0 Å². The van der Waals surface area contributed by atoms with Crippen LogP contribution in [0.2, 0.25) is 0 Å². The second kappa shape index (κ2) is 6.23. The number of carbonyl (C=O) groups is 1. The standard InChI is InChI=1S/C15H15N5O5/c1-8-12(14(21)25-3)13(19-15(18-8)16-7-17-19)9-4-5-11(24-2)10(6-9)20(22)23/h4-7,13H,1-3H3,(H,16,17,18). The summed E-state index contributed by atoms with van der Waals surface area (Å²) >= 11 is 0. The van der Waals surface area contributed by atoms with Gasteiger partial charge in [0, 0.05) is 11.8 Å². The van der Waals surface area contributed by atoms with Crippen molar-refractivity contribution in [2.75, 3.05) is 19.5 Å². The monoisotopic (exact) mass is 345 g/mol. The topological polar surface area (TPSA) is 121 Å². The fourth-order valence-electron chi connectivity index (χ4n) is 2.79. The zero-order chi connectivity index (χ0) is 18.1. The van der Waals surface area contributed by atoms with Gasteiger partial charge in [-0.05, 0) is 18.6 Å². The Bertz CT molecular complexity index is 888. The largest absolute Gasteiger partial charge is 0.490 e. The number of fused-ring (bicyclic) bond motifs is 1. The van der Waals surface area contributed by atoms with Gasteiger partial charge in [-0.1, -0.05) is 6.07 Å². The van der Waals surface area contributed by atoms with Gasteiger partial charge < -0.3 is 14.8 Å². The van der Waals surface area contributed by atoms with E-state index in [1.807, 2.05) is 0 Å². The number of anilines is 1. The quantitative estimate of drug-likeness (QED) is 0.504. The van der Waals surface area contributed by atoms with E-state index in [-0.39, 0.29) is 11.4 Å². The van der Waals surface area contributed by atoms with E-state index < -0.39 is 16.9 Å². The summed E-state index contributed by atoms with van der Waals surface area (Å²) in [5.74, 6) is -0.00920. The molecular formula is C15H15N5O5. The molecule has 0 radical (unpaired) electrons. The lowest BCUT2D eigenvalue weighted by Crippen LogP contribution is -2.29. The van der Waals surface area contributed by atoms with Gasteiger partial charge in [-0.25, -0.2) is 9.48 Å². The lowest BCUT2D eigenvalue weighted by molar-refractivity contribution is -0.385. The molecule has 10 nitrogen and oxygen atoms in total. The molecule has 1 N–H and O–H groups in total. The molecule has 25 heavy (non-hydrogen) atoms. The predicted octanol–water partition coefficient (Wildman–Crippen LogP) is 1.66. The van der Waals surface area contributed by atoms with Gasteiger partial charge >= 0.3 is 11.7 Å². The fraction of sp³-hybridized carbons (Fsp3) is 0.267. The first-order valence-corrected chi connectivity index (χ1v) is 7.25. The zero-order valence-corrected chi connectivity index (χ0v) is 13.7. The molecule has 1 unspecified atom stereocenters. The highest BCUT2D eigenvalue weighted by atomic mass is 16.6. The van der Waals surface area contributed by atoms with E-state index in [9.17, 15) is 14.9 Å². The number of ether oxygens (including phenoxy) is 2. The number of rotatable bonds is 4. The Balaban J connectivity index is 2.21. The van der Waals surface area contributed by atoms with Gasteiger partial charge in [-0.15, -0.1) is 0 Å². The van der Waals surface area contributed by atoms with Gasteiger partial charge in [0.05, 0.1) is 24.7 Å². The molecule has 0 spiro atoms. The lowest BCUT2D eigenvalue weighted by Gasteiger charge is -2.27. The van der Waals surface area contributed by atoms with Crippen molar-refractivity contribution in [3.8, 4) is 5.75 Å². The molecule has 0 amide bonds. The summed E-state index contributed by atoms with van der Waals surface area (Å²) in [5, 5.41) is 18.4. The molecular weight excluding hydrogens is 330 g/mol. The highest BCUT2D eigenvalue weighted by molar-refractivity contribution is 5.92. The molecule has 0 saturated carbocycles. The minimum absolute atomic E-state index is 0.127. The smallest absolute Gasteiger partial charge is 0.338 e. The molecule has 0 bridgehead atoms. The molecule has 0 saturated heterocycles. The summed E-state index contributed by atoms with van der Waals surface area (Å²) in [6, 6.07) is 3.77. The molecule has 10 heteroatoms. The number of esters is 1. The molecule has 1 atom stereocenters. The van der Waals surface area contributed by atoms with E-state index in [2.05, 4.69) is 15.4 Å². The molecule has 0 fully saturated rings.